The first-order chi connectivity index (χ1) is 20.7. The number of hydrogen-bond acceptors (Lipinski definition) is 5. The van der Waals surface area contributed by atoms with Crippen LogP contribution in [0, 0.1) is 0 Å². The molecule has 0 aromatic heterocycles. The summed E-state index contributed by atoms with van der Waals surface area (Å²) in [4.78, 5) is 43.1. The third-order valence-corrected chi connectivity index (χ3v) is 9.71. The van der Waals surface area contributed by atoms with Crippen molar-refractivity contribution in [2.24, 2.45) is 0 Å². The van der Waals surface area contributed by atoms with E-state index in [1.807, 2.05) is 29.2 Å². The maximum Gasteiger partial charge on any atom is 0.246 e. The molecule has 2 saturated heterocycles. The Kier molecular flexibility index (Phi) is 9.87. The van der Waals surface area contributed by atoms with E-state index in [9.17, 15) is 19.5 Å². The maximum atomic E-state index is 13.8. The lowest BCUT2D eigenvalue weighted by Crippen LogP contribution is -2.73. The summed E-state index contributed by atoms with van der Waals surface area (Å²) in [5.74, 6) is -0.127. The predicted octanol–water partition coefficient (Wildman–Crippen LogP) is 4.78. The molecule has 2 heterocycles. The number of benzene rings is 2. The molecule has 2 aromatic carbocycles. The zero-order valence-corrected chi connectivity index (χ0v) is 25.9. The minimum atomic E-state index is -0.857. The number of piperidine rings is 1. The van der Waals surface area contributed by atoms with Crippen molar-refractivity contribution in [2.45, 2.75) is 108 Å². The van der Waals surface area contributed by atoms with E-state index in [-0.39, 0.29) is 17.7 Å². The average molecular weight is 589 g/mol. The molecule has 3 fully saturated rings. The van der Waals surface area contributed by atoms with Crippen LogP contribution < -0.4 is 10.6 Å². The summed E-state index contributed by atoms with van der Waals surface area (Å²) >= 11 is 0. The molecule has 1 atom stereocenters. The molecule has 1 aliphatic carbocycles. The highest BCUT2D eigenvalue weighted by molar-refractivity contribution is 6.00. The number of carbonyl (C=O) groups is 3. The summed E-state index contributed by atoms with van der Waals surface area (Å²) in [7, 11) is 0. The van der Waals surface area contributed by atoms with Gasteiger partial charge in [-0.25, -0.2) is 0 Å². The number of carbonyl (C=O) groups excluding carboxylic acids is 3. The first-order valence-corrected chi connectivity index (χ1v) is 16.2. The smallest absolute Gasteiger partial charge is 0.246 e. The van der Waals surface area contributed by atoms with Crippen molar-refractivity contribution in [1.29, 1.82) is 0 Å². The molecule has 1 spiro atoms. The van der Waals surface area contributed by atoms with Gasteiger partial charge in [0.1, 0.15) is 11.6 Å². The van der Waals surface area contributed by atoms with Crippen LogP contribution in [0.2, 0.25) is 0 Å². The molecule has 0 radical (unpaired) electrons. The SMILES string of the molecule is CCCCN1C(=O)[C@@H](CC2(O)CCCCC2)NC(=O)C12CCN(Cc1ccc(Cc3ccc(NC(C)=O)cc3)cc1)CC2. The lowest BCUT2D eigenvalue weighted by molar-refractivity contribution is -0.163. The van der Waals surface area contributed by atoms with Gasteiger partial charge < -0.3 is 20.6 Å². The fourth-order valence-corrected chi connectivity index (χ4v) is 7.19. The van der Waals surface area contributed by atoms with Crippen molar-refractivity contribution < 1.29 is 19.5 Å². The van der Waals surface area contributed by atoms with Crippen molar-refractivity contribution in [3.05, 3.63) is 65.2 Å². The van der Waals surface area contributed by atoms with Gasteiger partial charge in [0.2, 0.25) is 17.7 Å². The van der Waals surface area contributed by atoms with Crippen molar-refractivity contribution in [1.82, 2.24) is 15.1 Å². The Morgan fingerprint density at radius 3 is 2.14 bits per heavy atom. The van der Waals surface area contributed by atoms with Crippen molar-refractivity contribution in [2.75, 3.05) is 25.0 Å². The predicted molar refractivity (Wildman–Crippen MR) is 168 cm³/mol. The number of hydrogen-bond donors (Lipinski definition) is 3. The van der Waals surface area contributed by atoms with E-state index in [1.54, 1.807) is 0 Å². The number of nitrogens with one attached hydrogen (secondary N) is 2. The highest BCUT2D eigenvalue weighted by Gasteiger charge is 2.54. The summed E-state index contributed by atoms with van der Waals surface area (Å²) in [5, 5.41) is 17.0. The molecule has 5 rings (SSSR count). The number of aliphatic hydroxyl groups is 1. The molecule has 43 heavy (non-hydrogen) atoms. The molecule has 8 nitrogen and oxygen atoms in total. The number of piperazine rings is 1. The number of anilines is 1. The van der Waals surface area contributed by atoms with Gasteiger partial charge in [-0.1, -0.05) is 69.0 Å². The van der Waals surface area contributed by atoms with Gasteiger partial charge in [-0.15, -0.1) is 0 Å². The Hall–Kier alpha value is -3.23. The first kappa shape index (κ1) is 31.2. The van der Waals surface area contributed by atoms with Gasteiger partial charge in [-0.2, -0.15) is 0 Å². The van der Waals surface area contributed by atoms with Crippen LogP contribution in [0.1, 0.15) is 94.7 Å². The first-order valence-electron chi connectivity index (χ1n) is 16.2. The van der Waals surface area contributed by atoms with Gasteiger partial charge in [0.15, 0.2) is 0 Å². The van der Waals surface area contributed by atoms with Gasteiger partial charge in [0.05, 0.1) is 5.60 Å². The zero-order chi connectivity index (χ0) is 30.5. The van der Waals surface area contributed by atoms with Crippen LogP contribution in [0.15, 0.2) is 48.5 Å². The second-order valence-corrected chi connectivity index (χ2v) is 13.0. The van der Waals surface area contributed by atoms with Crippen LogP contribution in [-0.2, 0) is 27.3 Å². The van der Waals surface area contributed by atoms with Crippen LogP contribution in [0.5, 0.6) is 0 Å². The largest absolute Gasteiger partial charge is 0.390 e. The van der Waals surface area contributed by atoms with Crippen molar-refractivity contribution in [3.8, 4) is 0 Å². The number of nitrogens with zero attached hydrogens (tertiary/aromatic N) is 2. The fourth-order valence-electron chi connectivity index (χ4n) is 7.19. The van der Waals surface area contributed by atoms with Gasteiger partial charge in [0.25, 0.3) is 0 Å². The third kappa shape index (κ3) is 7.47. The summed E-state index contributed by atoms with van der Waals surface area (Å²) in [6.45, 7) is 6.52. The van der Waals surface area contributed by atoms with Gasteiger partial charge in [0, 0.05) is 45.2 Å². The van der Waals surface area contributed by atoms with Crippen LogP contribution in [-0.4, -0.2) is 69.4 Å². The van der Waals surface area contributed by atoms with E-state index in [0.29, 0.717) is 38.6 Å². The van der Waals surface area contributed by atoms with Crippen LogP contribution in [0.25, 0.3) is 0 Å². The summed E-state index contributed by atoms with van der Waals surface area (Å²) in [6, 6.07) is 16.0. The Bertz CT molecular complexity index is 1260. The molecular weight excluding hydrogens is 540 g/mol. The quantitative estimate of drug-likeness (QED) is 0.371. The normalized spacial score (nSPS) is 21.9. The third-order valence-electron chi connectivity index (χ3n) is 9.71. The Morgan fingerprint density at radius 1 is 0.930 bits per heavy atom. The number of amides is 3. The van der Waals surface area contributed by atoms with E-state index in [2.05, 4.69) is 46.7 Å². The molecule has 2 aromatic rings. The van der Waals surface area contributed by atoms with Gasteiger partial charge in [-0.05, 0) is 67.3 Å². The zero-order valence-electron chi connectivity index (χ0n) is 25.9. The van der Waals surface area contributed by atoms with Crippen LogP contribution >= 0.6 is 0 Å². The molecule has 2 aliphatic heterocycles. The maximum absolute atomic E-state index is 13.8. The van der Waals surface area contributed by atoms with Crippen molar-refractivity contribution in [3.63, 3.8) is 0 Å². The minimum Gasteiger partial charge on any atom is -0.390 e. The Balaban J connectivity index is 1.18. The molecule has 3 N–H and O–H groups in total. The molecule has 3 amide bonds. The molecule has 8 heteroatoms. The standard InChI is InChI=1S/C35H48N4O4/c1-3-4-20-39-32(41)31(24-34(43)16-6-5-7-17-34)37-33(42)35(39)18-21-38(22-19-35)25-29-10-8-27(9-11-29)23-28-12-14-30(15-13-28)36-26(2)40/h8-15,31,43H,3-7,16-25H2,1-2H3,(H,36,40)(H,37,42)/t31-/m1/s1. The lowest BCUT2D eigenvalue weighted by atomic mass is 9.77. The molecule has 232 valence electrons. The van der Waals surface area contributed by atoms with Gasteiger partial charge >= 0.3 is 0 Å². The van der Waals surface area contributed by atoms with E-state index < -0.39 is 17.2 Å². The highest BCUT2D eigenvalue weighted by atomic mass is 16.3. The van der Waals surface area contributed by atoms with Crippen LogP contribution in [0.4, 0.5) is 5.69 Å². The van der Waals surface area contributed by atoms with Gasteiger partial charge in [-0.3, -0.25) is 19.3 Å². The number of likely N-dealkylation sites (tertiary alicyclic amines) is 1. The average Bonchev–Trinajstić information content (AvgIpc) is 2.99. The van der Waals surface area contributed by atoms with E-state index >= 15 is 0 Å². The summed E-state index contributed by atoms with van der Waals surface area (Å²) < 4.78 is 0. The molecular formula is C35H48N4O4. The second kappa shape index (κ2) is 13.6. The Morgan fingerprint density at radius 2 is 1.53 bits per heavy atom. The molecule has 0 unspecified atom stereocenters. The summed E-state index contributed by atoms with van der Waals surface area (Å²) in [6.07, 6.45) is 8.69. The number of rotatable bonds is 10. The lowest BCUT2D eigenvalue weighted by Gasteiger charge is -2.52. The number of unbranched alkanes of at least 4 members (excludes halogenated alkanes) is 1. The summed E-state index contributed by atoms with van der Waals surface area (Å²) in [5.41, 5.74) is 2.79. The van der Waals surface area contributed by atoms with Crippen molar-refractivity contribution >= 4 is 23.4 Å². The molecule has 1 saturated carbocycles. The van der Waals surface area contributed by atoms with E-state index in [0.717, 1.165) is 63.8 Å². The topological polar surface area (TPSA) is 102 Å². The highest BCUT2D eigenvalue weighted by Crippen LogP contribution is 2.37. The Labute approximate surface area is 256 Å². The fraction of sp³-hybridized carbons (Fsp3) is 0.571. The van der Waals surface area contributed by atoms with Crippen LogP contribution in [0.3, 0.4) is 0 Å². The van der Waals surface area contributed by atoms with E-state index in [1.165, 1.54) is 23.6 Å². The minimum absolute atomic E-state index is 0.0131. The molecule has 0 bridgehead atoms. The van der Waals surface area contributed by atoms with E-state index in [4.69, 9.17) is 0 Å². The molecule has 3 aliphatic rings. The second-order valence-electron chi connectivity index (χ2n) is 13.0. The monoisotopic (exact) mass is 588 g/mol.